The van der Waals surface area contributed by atoms with Gasteiger partial charge in [0.2, 0.25) is 10.0 Å². The number of hydrogen-bond acceptors (Lipinski definition) is 4. The summed E-state index contributed by atoms with van der Waals surface area (Å²) in [6.07, 6.45) is 0. The maximum atomic E-state index is 12.7. The van der Waals surface area contributed by atoms with E-state index in [0.717, 1.165) is 0 Å². The molecule has 0 aliphatic carbocycles. The zero-order valence-electron chi connectivity index (χ0n) is 13.7. The number of carbonyl (C=O) groups is 1. The van der Waals surface area contributed by atoms with E-state index in [-0.39, 0.29) is 10.7 Å². The molecule has 0 aliphatic heterocycles. The average molecular weight is 415 g/mol. The summed E-state index contributed by atoms with van der Waals surface area (Å²) in [4.78, 5) is 12.3. The van der Waals surface area contributed by atoms with Gasteiger partial charge in [-0.3, -0.25) is 4.79 Å². The van der Waals surface area contributed by atoms with Gasteiger partial charge < -0.3 is 9.73 Å². The molecule has 0 aliphatic rings. The predicted octanol–water partition coefficient (Wildman–Crippen LogP) is 3.63. The van der Waals surface area contributed by atoms with Crippen LogP contribution < -0.4 is 5.32 Å². The monoisotopic (exact) mass is 414 g/mol. The molecule has 0 atom stereocenters. The Morgan fingerprint density at radius 2 is 1.88 bits per heavy atom. The summed E-state index contributed by atoms with van der Waals surface area (Å²) in [5.74, 6) is -0.314. The molecular formula is C16H19BrN2O4S. The molecule has 2 aromatic rings. The topological polar surface area (TPSA) is 79.6 Å². The number of nitrogens with one attached hydrogen (secondary N) is 1. The molecule has 0 radical (unpaired) electrons. The van der Waals surface area contributed by atoms with Gasteiger partial charge in [0.15, 0.2) is 10.4 Å². The van der Waals surface area contributed by atoms with E-state index >= 15 is 0 Å². The van der Waals surface area contributed by atoms with E-state index in [0.29, 0.717) is 29.0 Å². The van der Waals surface area contributed by atoms with Crippen molar-refractivity contribution in [2.45, 2.75) is 25.7 Å². The molecular weight excluding hydrogens is 396 g/mol. The van der Waals surface area contributed by atoms with Crippen molar-refractivity contribution in [3.63, 3.8) is 0 Å². The lowest BCUT2D eigenvalue weighted by Gasteiger charge is -2.20. The van der Waals surface area contributed by atoms with Crippen LogP contribution in [0.4, 0.5) is 5.69 Å². The molecule has 1 heterocycles. The highest BCUT2D eigenvalue weighted by Crippen LogP contribution is 2.24. The first-order valence-electron chi connectivity index (χ1n) is 7.47. The molecule has 24 heavy (non-hydrogen) atoms. The second-order valence-corrected chi connectivity index (χ2v) is 7.82. The molecule has 1 aromatic heterocycles. The Morgan fingerprint density at radius 1 is 1.21 bits per heavy atom. The van der Waals surface area contributed by atoms with Gasteiger partial charge in [0.05, 0.1) is 4.90 Å². The first kappa shape index (κ1) is 18.7. The third kappa shape index (κ3) is 3.88. The highest BCUT2D eigenvalue weighted by atomic mass is 79.9. The molecule has 1 aromatic carbocycles. The quantitative estimate of drug-likeness (QED) is 0.782. The summed E-state index contributed by atoms with van der Waals surface area (Å²) in [5.41, 5.74) is 1.02. The highest BCUT2D eigenvalue weighted by Gasteiger charge is 2.24. The zero-order chi connectivity index (χ0) is 17.9. The van der Waals surface area contributed by atoms with Crippen LogP contribution in [0, 0.1) is 6.92 Å². The molecule has 2 rings (SSSR count). The maximum Gasteiger partial charge on any atom is 0.291 e. The smallest absolute Gasteiger partial charge is 0.291 e. The van der Waals surface area contributed by atoms with E-state index < -0.39 is 15.9 Å². The van der Waals surface area contributed by atoms with Crippen molar-refractivity contribution >= 4 is 37.5 Å². The van der Waals surface area contributed by atoms with Gasteiger partial charge in [0.25, 0.3) is 5.91 Å². The summed E-state index contributed by atoms with van der Waals surface area (Å²) in [5, 5.41) is 2.65. The van der Waals surface area contributed by atoms with Gasteiger partial charge in [-0.15, -0.1) is 0 Å². The van der Waals surface area contributed by atoms with Crippen LogP contribution >= 0.6 is 15.9 Å². The first-order chi connectivity index (χ1) is 11.3. The molecule has 1 amide bonds. The largest absolute Gasteiger partial charge is 0.444 e. The average Bonchev–Trinajstić information content (AvgIpc) is 2.96. The van der Waals surface area contributed by atoms with Gasteiger partial charge in [-0.05, 0) is 52.7 Å². The maximum absolute atomic E-state index is 12.7. The number of aryl methyl sites for hydroxylation is 1. The van der Waals surface area contributed by atoms with Gasteiger partial charge in [-0.2, -0.15) is 4.31 Å². The van der Waals surface area contributed by atoms with Crippen molar-refractivity contribution in [2.75, 3.05) is 18.4 Å². The number of halogens is 1. The van der Waals surface area contributed by atoms with E-state index in [9.17, 15) is 13.2 Å². The Morgan fingerprint density at radius 3 is 2.42 bits per heavy atom. The lowest BCUT2D eigenvalue weighted by atomic mass is 10.2. The molecule has 0 saturated carbocycles. The van der Waals surface area contributed by atoms with Gasteiger partial charge in [0.1, 0.15) is 0 Å². The molecule has 0 bridgehead atoms. The highest BCUT2D eigenvalue weighted by molar-refractivity contribution is 9.10. The minimum absolute atomic E-state index is 0.135. The lowest BCUT2D eigenvalue weighted by Crippen LogP contribution is -2.31. The minimum Gasteiger partial charge on any atom is -0.444 e. The van der Waals surface area contributed by atoms with Crippen molar-refractivity contribution in [3.05, 3.63) is 46.3 Å². The van der Waals surface area contributed by atoms with Crippen LogP contribution in [0.5, 0.6) is 0 Å². The van der Waals surface area contributed by atoms with Gasteiger partial charge in [0, 0.05) is 18.8 Å². The van der Waals surface area contributed by atoms with E-state index in [2.05, 4.69) is 21.2 Å². The predicted molar refractivity (Wildman–Crippen MR) is 95.6 cm³/mol. The lowest BCUT2D eigenvalue weighted by molar-refractivity contribution is 0.0995. The molecule has 1 N–H and O–H groups in total. The van der Waals surface area contributed by atoms with E-state index in [4.69, 9.17) is 4.42 Å². The Hall–Kier alpha value is -1.64. The van der Waals surface area contributed by atoms with Gasteiger partial charge in [-0.25, -0.2) is 8.42 Å². The van der Waals surface area contributed by atoms with Crippen LogP contribution in [-0.4, -0.2) is 31.7 Å². The number of sulfonamides is 1. The molecule has 130 valence electrons. The van der Waals surface area contributed by atoms with Crippen LogP contribution in [0.15, 0.2) is 44.3 Å². The Labute approximate surface area is 150 Å². The van der Waals surface area contributed by atoms with E-state index in [1.165, 1.54) is 16.4 Å². The Balaban J connectivity index is 2.33. The third-order valence-electron chi connectivity index (χ3n) is 3.57. The Kier molecular flexibility index (Phi) is 5.84. The SMILES string of the molecule is CCN(CC)S(=O)(=O)c1cc(NC(=O)c2ccc(Br)o2)ccc1C. The fraction of sp³-hybridized carbons (Fsp3) is 0.312. The Bertz CT molecular complexity index is 842. The zero-order valence-corrected chi connectivity index (χ0v) is 16.1. The van der Waals surface area contributed by atoms with Crippen molar-refractivity contribution in [1.29, 1.82) is 0 Å². The minimum atomic E-state index is -3.60. The molecule has 0 unspecified atom stereocenters. The van der Waals surface area contributed by atoms with Gasteiger partial charge >= 0.3 is 0 Å². The number of rotatable bonds is 6. The number of anilines is 1. The normalized spacial score (nSPS) is 11.7. The summed E-state index contributed by atoms with van der Waals surface area (Å²) in [7, 11) is -3.60. The van der Waals surface area contributed by atoms with Crippen molar-refractivity contribution < 1.29 is 17.6 Å². The fourth-order valence-corrected chi connectivity index (χ4v) is 4.30. The van der Waals surface area contributed by atoms with Crippen molar-refractivity contribution in [1.82, 2.24) is 4.31 Å². The van der Waals surface area contributed by atoms with Crippen molar-refractivity contribution in [3.8, 4) is 0 Å². The second-order valence-electron chi connectivity index (χ2n) is 5.13. The number of hydrogen-bond donors (Lipinski definition) is 1. The summed E-state index contributed by atoms with van der Waals surface area (Å²) < 4.78 is 32.4. The van der Waals surface area contributed by atoms with Crippen LogP contribution in [0.2, 0.25) is 0 Å². The summed E-state index contributed by atoms with van der Waals surface area (Å²) in [6.45, 7) is 6.07. The molecule has 0 fully saturated rings. The summed E-state index contributed by atoms with van der Waals surface area (Å²) >= 11 is 3.13. The van der Waals surface area contributed by atoms with Gasteiger partial charge in [-0.1, -0.05) is 19.9 Å². The molecule has 6 nitrogen and oxygen atoms in total. The fourth-order valence-electron chi connectivity index (χ4n) is 2.29. The summed E-state index contributed by atoms with van der Waals surface area (Å²) in [6, 6.07) is 7.94. The van der Waals surface area contributed by atoms with Crippen LogP contribution in [0.3, 0.4) is 0 Å². The standard InChI is InChI=1S/C16H19BrN2O4S/c1-4-19(5-2)24(21,22)14-10-12(7-6-11(14)3)18-16(20)13-8-9-15(17)23-13/h6-10H,4-5H2,1-3H3,(H,18,20). The molecule has 0 spiro atoms. The number of amides is 1. The van der Waals surface area contributed by atoms with Crippen molar-refractivity contribution in [2.24, 2.45) is 0 Å². The first-order valence-corrected chi connectivity index (χ1v) is 9.70. The van der Waals surface area contributed by atoms with Crippen LogP contribution in [-0.2, 0) is 10.0 Å². The van der Waals surface area contributed by atoms with E-state index in [1.807, 2.05) is 0 Å². The number of carbonyl (C=O) groups excluding carboxylic acids is 1. The molecule has 8 heteroatoms. The second kappa shape index (κ2) is 7.50. The number of benzene rings is 1. The van der Waals surface area contributed by atoms with Crippen LogP contribution in [0.25, 0.3) is 0 Å². The number of furan rings is 1. The third-order valence-corrected chi connectivity index (χ3v) is 6.18. The molecule has 0 saturated heterocycles. The number of nitrogens with zero attached hydrogens (tertiary/aromatic N) is 1. The van der Waals surface area contributed by atoms with Crippen LogP contribution in [0.1, 0.15) is 30.0 Å². The van der Waals surface area contributed by atoms with E-state index in [1.54, 1.807) is 39.0 Å².